The number of nitrogens with one attached hydrogen (secondary N) is 1. The number of methoxy groups -OCH3 is 1. The summed E-state index contributed by atoms with van der Waals surface area (Å²) in [6.07, 6.45) is 1.35. The number of sulfonamides is 1. The summed E-state index contributed by atoms with van der Waals surface area (Å²) in [5.41, 5.74) is 0.552. The van der Waals surface area contributed by atoms with Gasteiger partial charge in [-0.05, 0) is 37.3 Å². The monoisotopic (exact) mass is 338 g/mol. The topological polar surface area (TPSA) is 86.6 Å². The van der Waals surface area contributed by atoms with Crippen molar-refractivity contribution in [3.8, 4) is 5.75 Å². The molecule has 0 atom stereocenters. The number of rotatable bonds is 6. The van der Waals surface area contributed by atoms with E-state index in [2.05, 4.69) is 9.46 Å². The number of carbonyl (C=O) groups excluding carboxylic acids is 1. The maximum Gasteiger partial charge on any atom is 0.354 e. The molecule has 1 aromatic heterocycles. The Morgan fingerprint density at radius 3 is 2.48 bits per heavy atom. The summed E-state index contributed by atoms with van der Waals surface area (Å²) in [7, 11) is -0.992. The molecule has 0 saturated heterocycles. The third-order valence-electron chi connectivity index (χ3n) is 3.10. The molecule has 0 aliphatic carbocycles. The number of ether oxygens (including phenoxy) is 2. The third kappa shape index (κ3) is 3.84. The van der Waals surface area contributed by atoms with Crippen LogP contribution in [0.2, 0.25) is 0 Å². The fraction of sp³-hybridized carbons (Fsp3) is 0.267. The minimum atomic E-state index is -3.80. The number of hydrogen-bond acceptors (Lipinski definition) is 5. The molecule has 0 saturated carbocycles. The first-order chi connectivity index (χ1) is 10.9. The molecular weight excluding hydrogens is 320 g/mol. The van der Waals surface area contributed by atoms with E-state index in [0.717, 1.165) is 0 Å². The summed E-state index contributed by atoms with van der Waals surface area (Å²) in [5.74, 6) is 0.0538. The zero-order valence-corrected chi connectivity index (χ0v) is 13.9. The Bertz CT molecular complexity index is 794. The molecule has 0 spiro atoms. The number of aromatic nitrogens is 1. The number of benzene rings is 1. The average Bonchev–Trinajstić information content (AvgIpc) is 2.91. The Morgan fingerprint density at radius 2 is 1.91 bits per heavy atom. The highest BCUT2D eigenvalue weighted by molar-refractivity contribution is 7.92. The quantitative estimate of drug-likeness (QED) is 0.814. The normalized spacial score (nSPS) is 11.1. The summed E-state index contributed by atoms with van der Waals surface area (Å²) in [5, 5.41) is 0. The van der Waals surface area contributed by atoms with E-state index >= 15 is 0 Å². The van der Waals surface area contributed by atoms with Gasteiger partial charge in [-0.2, -0.15) is 0 Å². The lowest BCUT2D eigenvalue weighted by molar-refractivity contribution is 0.0590. The van der Waals surface area contributed by atoms with Crippen LogP contribution in [0.5, 0.6) is 5.75 Å². The predicted octanol–water partition coefficient (Wildman–Crippen LogP) is 2.01. The molecule has 0 unspecified atom stereocenters. The Hall–Kier alpha value is -2.48. The van der Waals surface area contributed by atoms with Crippen molar-refractivity contribution in [3.05, 3.63) is 42.2 Å². The van der Waals surface area contributed by atoms with Crippen LogP contribution in [0.15, 0.2) is 41.4 Å². The number of hydrogen-bond donors (Lipinski definition) is 1. The maximum atomic E-state index is 12.4. The van der Waals surface area contributed by atoms with E-state index in [1.807, 2.05) is 6.92 Å². The van der Waals surface area contributed by atoms with Crippen LogP contribution in [0.1, 0.15) is 17.4 Å². The molecule has 1 N–H and O–H groups in total. The highest BCUT2D eigenvalue weighted by Gasteiger charge is 2.21. The summed E-state index contributed by atoms with van der Waals surface area (Å²) in [6, 6.07) is 7.82. The molecule has 2 aromatic rings. The molecular formula is C15H18N2O5S. The van der Waals surface area contributed by atoms with Crippen molar-refractivity contribution >= 4 is 21.7 Å². The van der Waals surface area contributed by atoms with Crippen molar-refractivity contribution in [2.75, 3.05) is 18.4 Å². The van der Waals surface area contributed by atoms with Crippen LogP contribution in [0.3, 0.4) is 0 Å². The standard InChI is InChI=1S/C15H18N2O5S/c1-4-22-12-7-5-11(6-8-12)16-23(19,20)13-9-14(15(18)21-3)17(2)10-13/h5-10,16H,4H2,1-3H3. The molecule has 0 radical (unpaired) electrons. The lowest BCUT2D eigenvalue weighted by atomic mass is 10.3. The van der Waals surface area contributed by atoms with Crippen LogP contribution in [-0.4, -0.2) is 32.7 Å². The lowest BCUT2D eigenvalue weighted by Gasteiger charge is -2.08. The number of aryl methyl sites for hydroxylation is 1. The van der Waals surface area contributed by atoms with E-state index in [1.54, 1.807) is 31.3 Å². The molecule has 0 aliphatic heterocycles. The highest BCUT2D eigenvalue weighted by Crippen LogP contribution is 2.21. The largest absolute Gasteiger partial charge is 0.494 e. The summed E-state index contributed by atoms with van der Waals surface area (Å²) in [6.45, 7) is 2.40. The zero-order chi connectivity index (χ0) is 17.0. The van der Waals surface area contributed by atoms with E-state index < -0.39 is 16.0 Å². The van der Waals surface area contributed by atoms with Crippen LogP contribution < -0.4 is 9.46 Å². The average molecular weight is 338 g/mol. The van der Waals surface area contributed by atoms with Gasteiger partial charge in [0.1, 0.15) is 16.3 Å². The van der Waals surface area contributed by atoms with Gasteiger partial charge in [0, 0.05) is 18.9 Å². The summed E-state index contributed by atoms with van der Waals surface area (Å²) in [4.78, 5) is 11.5. The first-order valence-electron chi connectivity index (χ1n) is 6.87. The van der Waals surface area contributed by atoms with Crippen LogP contribution in [0.25, 0.3) is 0 Å². The second-order valence-electron chi connectivity index (χ2n) is 4.73. The Balaban J connectivity index is 2.23. The fourth-order valence-electron chi connectivity index (χ4n) is 1.99. The van der Waals surface area contributed by atoms with E-state index in [1.165, 1.54) is 23.9 Å². The van der Waals surface area contributed by atoms with Crippen molar-refractivity contribution in [3.63, 3.8) is 0 Å². The molecule has 7 nitrogen and oxygen atoms in total. The second-order valence-corrected chi connectivity index (χ2v) is 6.41. The second kappa shape index (κ2) is 6.74. The number of anilines is 1. The van der Waals surface area contributed by atoms with Gasteiger partial charge in [0.25, 0.3) is 10.0 Å². The minimum Gasteiger partial charge on any atom is -0.494 e. The molecule has 0 fully saturated rings. The number of carbonyl (C=O) groups is 1. The molecule has 23 heavy (non-hydrogen) atoms. The molecule has 2 rings (SSSR count). The molecule has 124 valence electrons. The minimum absolute atomic E-state index is 0.0192. The van der Waals surface area contributed by atoms with Gasteiger partial charge in [0.2, 0.25) is 0 Å². The first kappa shape index (κ1) is 16.9. The van der Waals surface area contributed by atoms with Crippen molar-refractivity contribution in [2.24, 2.45) is 7.05 Å². The molecule has 1 heterocycles. The molecule has 0 amide bonds. The van der Waals surface area contributed by atoms with Gasteiger partial charge in [-0.1, -0.05) is 0 Å². The summed E-state index contributed by atoms with van der Waals surface area (Å²) < 4.78 is 38.5. The predicted molar refractivity (Wildman–Crippen MR) is 85.2 cm³/mol. The smallest absolute Gasteiger partial charge is 0.354 e. The van der Waals surface area contributed by atoms with Gasteiger partial charge in [-0.25, -0.2) is 13.2 Å². The molecule has 0 bridgehead atoms. The Labute approximate surface area is 134 Å². The van der Waals surface area contributed by atoms with Gasteiger partial charge in [0.15, 0.2) is 0 Å². The van der Waals surface area contributed by atoms with E-state index in [-0.39, 0.29) is 10.6 Å². The Morgan fingerprint density at radius 1 is 1.26 bits per heavy atom. The lowest BCUT2D eigenvalue weighted by Crippen LogP contribution is -2.12. The van der Waals surface area contributed by atoms with Gasteiger partial charge in [0.05, 0.1) is 13.7 Å². The first-order valence-corrected chi connectivity index (χ1v) is 8.36. The van der Waals surface area contributed by atoms with Crippen LogP contribution in [-0.2, 0) is 21.8 Å². The summed E-state index contributed by atoms with van der Waals surface area (Å²) >= 11 is 0. The van der Waals surface area contributed by atoms with Crippen LogP contribution in [0, 0.1) is 0 Å². The van der Waals surface area contributed by atoms with E-state index in [0.29, 0.717) is 18.0 Å². The van der Waals surface area contributed by atoms with Crippen molar-refractivity contribution in [2.45, 2.75) is 11.8 Å². The number of nitrogens with zero attached hydrogens (tertiary/aromatic N) is 1. The van der Waals surface area contributed by atoms with Gasteiger partial charge < -0.3 is 14.0 Å². The van der Waals surface area contributed by atoms with Crippen molar-refractivity contribution in [1.29, 1.82) is 0 Å². The van der Waals surface area contributed by atoms with E-state index in [4.69, 9.17) is 4.74 Å². The Kier molecular flexibility index (Phi) is 4.95. The van der Waals surface area contributed by atoms with Crippen molar-refractivity contribution in [1.82, 2.24) is 4.57 Å². The van der Waals surface area contributed by atoms with Gasteiger partial charge in [-0.3, -0.25) is 4.72 Å². The highest BCUT2D eigenvalue weighted by atomic mass is 32.2. The van der Waals surface area contributed by atoms with Crippen LogP contribution in [0.4, 0.5) is 5.69 Å². The SMILES string of the molecule is CCOc1ccc(NS(=O)(=O)c2cc(C(=O)OC)n(C)c2)cc1. The molecule has 0 aliphatic rings. The maximum absolute atomic E-state index is 12.4. The van der Waals surface area contributed by atoms with Crippen molar-refractivity contribution < 1.29 is 22.7 Å². The fourth-order valence-corrected chi connectivity index (χ4v) is 3.12. The molecule has 1 aromatic carbocycles. The van der Waals surface area contributed by atoms with E-state index in [9.17, 15) is 13.2 Å². The van der Waals surface area contributed by atoms with Gasteiger partial charge >= 0.3 is 5.97 Å². The number of esters is 1. The molecule has 8 heteroatoms. The van der Waals surface area contributed by atoms with Crippen LogP contribution >= 0.6 is 0 Å². The third-order valence-corrected chi connectivity index (χ3v) is 4.45. The van der Waals surface area contributed by atoms with Gasteiger partial charge in [-0.15, -0.1) is 0 Å². The zero-order valence-electron chi connectivity index (χ0n) is 13.1.